The van der Waals surface area contributed by atoms with E-state index in [9.17, 15) is 0 Å². The summed E-state index contributed by atoms with van der Waals surface area (Å²) in [6.07, 6.45) is 2.05. The normalized spacial score (nSPS) is 12.1. The quantitative estimate of drug-likeness (QED) is 0.532. The summed E-state index contributed by atoms with van der Waals surface area (Å²) in [5.41, 5.74) is 10.8. The Hall–Kier alpha value is -2.29. The first-order valence-electron chi connectivity index (χ1n) is 9.27. The zero-order chi connectivity index (χ0) is 19.5. The Morgan fingerprint density at radius 1 is 0.731 bits per heavy atom. The average Bonchev–Trinajstić information content (AvgIpc) is 2.47. The highest BCUT2D eigenvalue weighted by Crippen LogP contribution is 2.29. The second-order valence-electron chi connectivity index (χ2n) is 9.53. The molecule has 0 radical (unpaired) electrons. The molecule has 0 saturated carbocycles. The molecule has 2 aromatic carbocycles. The number of benzene rings is 2. The van der Waals surface area contributed by atoms with Crippen molar-refractivity contribution in [2.45, 2.75) is 54.4 Å². The van der Waals surface area contributed by atoms with Crippen LogP contribution >= 0.6 is 0 Å². The highest BCUT2D eigenvalue weighted by Gasteiger charge is 2.16. The third-order valence-electron chi connectivity index (χ3n) is 4.10. The molecule has 0 aliphatic rings. The lowest BCUT2D eigenvalue weighted by molar-refractivity contribution is 0.411. The maximum atomic E-state index is 8.03. The van der Waals surface area contributed by atoms with Crippen LogP contribution in [0.5, 0.6) is 0 Å². The fraction of sp³-hybridized carbons (Fsp3) is 0.435. The number of guanidine groups is 1. The van der Waals surface area contributed by atoms with Gasteiger partial charge in [-0.1, -0.05) is 65.8 Å². The second kappa shape index (κ2) is 7.53. The standard InChI is InChI=1S/C23H33N3/c1-22(2,3)15-17-7-11-19(12-8-17)26(21(24)25)20-13-9-18(10-14-20)16-23(4,5)6/h7-14H,15-16H2,1-6H3,(H3,24,25). The van der Waals surface area contributed by atoms with Gasteiger partial charge < -0.3 is 5.73 Å². The van der Waals surface area contributed by atoms with Gasteiger partial charge in [0.15, 0.2) is 5.96 Å². The van der Waals surface area contributed by atoms with Crippen molar-refractivity contribution in [2.24, 2.45) is 16.6 Å². The smallest absolute Gasteiger partial charge is 0.197 e. The maximum absolute atomic E-state index is 8.03. The molecule has 0 aliphatic heterocycles. The van der Waals surface area contributed by atoms with E-state index in [1.54, 1.807) is 4.90 Å². The van der Waals surface area contributed by atoms with Crippen molar-refractivity contribution >= 4 is 17.3 Å². The Morgan fingerprint density at radius 3 is 1.27 bits per heavy atom. The van der Waals surface area contributed by atoms with Crippen molar-refractivity contribution < 1.29 is 0 Å². The summed E-state index contributed by atoms with van der Waals surface area (Å²) in [6.45, 7) is 13.4. The molecule has 26 heavy (non-hydrogen) atoms. The first kappa shape index (κ1) is 20.0. The second-order valence-corrected chi connectivity index (χ2v) is 9.53. The molecule has 0 unspecified atom stereocenters. The van der Waals surface area contributed by atoms with Crippen LogP contribution in [0.2, 0.25) is 0 Å². The first-order chi connectivity index (χ1) is 11.9. The van der Waals surface area contributed by atoms with Gasteiger partial charge in [0.05, 0.1) is 0 Å². The predicted octanol–water partition coefficient (Wildman–Crippen LogP) is 5.90. The van der Waals surface area contributed by atoms with E-state index in [0.717, 1.165) is 24.2 Å². The van der Waals surface area contributed by atoms with Crippen LogP contribution in [0.4, 0.5) is 11.4 Å². The molecule has 0 amide bonds. The van der Waals surface area contributed by atoms with Gasteiger partial charge in [-0.15, -0.1) is 0 Å². The Morgan fingerprint density at radius 2 is 1.04 bits per heavy atom. The number of nitrogens with two attached hydrogens (primary N) is 1. The zero-order valence-corrected chi connectivity index (χ0v) is 17.1. The number of nitrogens with one attached hydrogen (secondary N) is 1. The minimum atomic E-state index is 0.0251. The van der Waals surface area contributed by atoms with Gasteiger partial charge >= 0.3 is 0 Å². The first-order valence-corrected chi connectivity index (χ1v) is 9.27. The Labute approximate surface area is 158 Å². The number of anilines is 2. The lowest BCUT2D eigenvalue weighted by Gasteiger charge is -2.25. The van der Waals surface area contributed by atoms with Crippen LogP contribution in [0.15, 0.2) is 48.5 Å². The van der Waals surface area contributed by atoms with Gasteiger partial charge in [0.1, 0.15) is 0 Å². The third-order valence-corrected chi connectivity index (χ3v) is 4.10. The van der Waals surface area contributed by atoms with E-state index in [1.807, 2.05) is 24.3 Å². The predicted molar refractivity (Wildman–Crippen MR) is 113 cm³/mol. The monoisotopic (exact) mass is 351 g/mol. The van der Waals surface area contributed by atoms with Gasteiger partial charge in [-0.05, 0) is 59.1 Å². The molecule has 0 fully saturated rings. The van der Waals surface area contributed by atoms with Crippen molar-refractivity contribution in [1.29, 1.82) is 5.41 Å². The minimum absolute atomic E-state index is 0.0251. The molecule has 0 bridgehead atoms. The van der Waals surface area contributed by atoms with Crippen LogP contribution < -0.4 is 10.6 Å². The Bertz CT molecular complexity index is 670. The maximum Gasteiger partial charge on any atom is 0.197 e. The minimum Gasteiger partial charge on any atom is -0.369 e. The summed E-state index contributed by atoms with van der Waals surface area (Å²) < 4.78 is 0. The molecule has 2 rings (SSSR count). The van der Waals surface area contributed by atoms with Gasteiger partial charge in [-0.25, -0.2) is 0 Å². The van der Waals surface area contributed by atoms with E-state index in [4.69, 9.17) is 11.1 Å². The zero-order valence-electron chi connectivity index (χ0n) is 17.1. The average molecular weight is 352 g/mol. The fourth-order valence-electron chi connectivity index (χ4n) is 3.18. The summed E-state index contributed by atoms with van der Waals surface area (Å²) in [4.78, 5) is 1.78. The molecule has 0 saturated heterocycles. The molecule has 0 aliphatic carbocycles. The van der Waals surface area contributed by atoms with Crippen molar-refractivity contribution in [1.82, 2.24) is 0 Å². The topological polar surface area (TPSA) is 53.1 Å². The number of hydrogen-bond donors (Lipinski definition) is 2. The number of rotatable bonds is 4. The summed E-state index contributed by atoms with van der Waals surface area (Å²) in [6, 6.07) is 16.7. The van der Waals surface area contributed by atoms with E-state index in [0.29, 0.717) is 0 Å². The summed E-state index contributed by atoms with van der Waals surface area (Å²) in [5.74, 6) is 0.0251. The Kier molecular flexibility index (Phi) is 5.80. The van der Waals surface area contributed by atoms with Crippen LogP contribution in [-0.2, 0) is 12.8 Å². The largest absolute Gasteiger partial charge is 0.369 e. The van der Waals surface area contributed by atoms with Crippen molar-refractivity contribution in [3.05, 3.63) is 59.7 Å². The molecule has 0 atom stereocenters. The molecule has 0 spiro atoms. The lowest BCUT2D eigenvalue weighted by atomic mass is 9.88. The number of hydrogen-bond acceptors (Lipinski definition) is 1. The van der Waals surface area contributed by atoms with Crippen LogP contribution in [0.25, 0.3) is 0 Å². The van der Waals surface area contributed by atoms with E-state index in [-0.39, 0.29) is 16.8 Å². The molecular weight excluding hydrogens is 318 g/mol. The van der Waals surface area contributed by atoms with Gasteiger partial charge in [-0.2, -0.15) is 0 Å². The SMILES string of the molecule is CC(C)(C)Cc1ccc(N(C(=N)N)c2ccc(CC(C)(C)C)cc2)cc1. The molecular formula is C23H33N3. The molecule has 140 valence electrons. The highest BCUT2D eigenvalue weighted by atomic mass is 15.2. The molecule has 0 heterocycles. The van der Waals surface area contributed by atoms with Gasteiger partial charge in [-0.3, -0.25) is 10.3 Å². The van der Waals surface area contributed by atoms with E-state index in [1.165, 1.54) is 11.1 Å². The third kappa shape index (κ3) is 5.91. The van der Waals surface area contributed by atoms with Gasteiger partial charge in [0, 0.05) is 11.4 Å². The fourth-order valence-corrected chi connectivity index (χ4v) is 3.18. The van der Waals surface area contributed by atoms with Crippen molar-refractivity contribution in [2.75, 3.05) is 4.90 Å². The molecule has 0 aromatic heterocycles. The van der Waals surface area contributed by atoms with E-state index >= 15 is 0 Å². The van der Waals surface area contributed by atoms with Crippen LogP contribution in [0.1, 0.15) is 52.7 Å². The van der Waals surface area contributed by atoms with Crippen LogP contribution in [0.3, 0.4) is 0 Å². The van der Waals surface area contributed by atoms with Gasteiger partial charge in [0.2, 0.25) is 0 Å². The molecule has 3 heteroatoms. The highest BCUT2D eigenvalue weighted by molar-refractivity contribution is 5.99. The summed E-state index contributed by atoms with van der Waals surface area (Å²) in [5, 5.41) is 8.03. The molecule has 2 aromatic rings. The molecule has 3 nitrogen and oxygen atoms in total. The van der Waals surface area contributed by atoms with Crippen molar-refractivity contribution in [3.8, 4) is 0 Å². The lowest BCUT2D eigenvalue weighted by Crippen LogP contribution is -2.32. The van der Waals surface area contributed by atoms with E-state index < -0.39 is 0 Å². The van der Waals surface area contributed by atoms with Crippen LogP contribution in [0, 0.1) is 16.2 Å². The number of nitrogens with zero attached hydrogens (tertiary/aromatic N) is 1. The Balaban J connectivity index is 2.25. The summed E-state index contributed by atoms with van der Waals surface area (Å²) in [7, 11) is 0. The van der Waals surface area contributed by atoms with E-state index in [2.05, 4.69) is 65.8 Å². The van der Waals surface area contributed by atoms with Gasteiger partial charge in [0.25, 0.3) is 0 Å². The summed E-state index contributed by atoms with van der Waals surface area (Å²) >= 11 is 0. The van der Waals surface area contributed by atoms with Crippen LogP contribution in [-0.4, -0.2) is 5.96 Å². The molecule has 3 N–H and O–H groups in total. The van der Waals surface area contributed by atoms with Crippen molar-refractivity contribution in [3.63, 3.8) is 0 Å².